The van der Waals surface area contributed by atoms with Crippen LogP contribution in [0.5, 0.6) is 0 Å². The van der Waals surface area contributed by atoms with Crippen LogP contribution in [0.4, 0.5) is 0 Å². The largest absolute Gasteiger partial charge is 0.355 e. The van der Waals surface area contributed by atoms with Gasteiger partial charge in [0.25, 0.3) is 0 Å². The van der Waals surface area contributed by atoms with E-state index in [0.29, 0.717) is 6.54 Å². The molecule has 0 aromatic heterocycles. The van der Waals surface area contributed by atoms with Crippen LogP contribution in [0.2, 0.25) is 1.41 Å². The molecule has 0 radical (unpaired) electrons. The summed E-state index contributed by atoms with van der Waals surface area (Å²) in [6.07, 6.45) is 1.90. The summed E-state index contributed by atoms with van der Waals surface area (Å²) in [5.41, 5.74) is 2.65. The van der Waals surface area contributed by atoms with E-state index in [-0.39, 0.29) is 17.7 Å². The number of nitrogens with one attached hydrogen (secondary N) is 1. The van der Waals surface area contributed by atoms with Crippen molar-refractivity contribution in [2.45, 2.75) is 18.8 Å². The lowest BCUT2D eigenvalue weighted by atomic mass is 9.77. The third-order valence-electron chi connectivity index (χ3n) is 3.43. The monoisotopic (exact) mass is 188 g/mol. The normalized spacial score (nSPS) is 31.0. The molecule has 2 nitrogen and oxygen atoms in total. The minimum absolute atomic E-state index is 0.00880. The summed E-state index contributed by atoms with van der Waals surface area (Å²) in [5.74, 6) is 0.340. The highest BCUT2D eigenvalue weighted by Gasteiger charge is 2.38. The third kappa shape index (κ3) is 0.999. The number of fused-ring (bicyclic) bond motifs is 3. The van der Waals surface area contributed by atoms with Gasteiger partial charge in [-0.25, -0.2) is 0 Å². The van der Waals surface area contributed by atoms with Crippen molar-refractivity contribution in [1.82, 2.24) is 5.31 Å². The molecule has 1 fully saturated rings. The first kappa shape index (κ1) is 7.04. The highest BCUT2D eigenvalue weighted by molar-refractivity contribution is 5.82. The van der Waals surface area contributed by atoms with Gasteiger partial charge < -0.3 is 5.31 Å². The third-order valence-corrected chi connectivity index (χ3v) is 3.43. The van der Waals surface area contributed by atoms with Gasteiger partial charge in [-0.2, -0.15) is 0 Å². The molecule has 72 valence electrons. The van der Waals surface area contributed by atoms with Crippen LogP contribution in [0.3, 0.4) is 0 Å². The molecule has 0 bridgehead atoms. The molecular formula is C12H13NO. The van der Waals surface area contributed by atoms with E-state index >= 15 is 0 Å². The predicted molar refractivity (Wildman–Crippen MR) is 54.0 cm³/mol. The highest BCUT2D eigenvalue weighted by Crippen LogP contribution is 2.38. The van der Waals surface area contributed by atoms with Crippen LogP contribution in [0.25, 0.3) is 0 Å². The zero-order valence-electron chi connectivity index (χ0n) is 8.94. The molecule has 3 rings (SSSR count). The van der Waals surface area contributed by atoms with Crippen molar-refractivity contribution in [3.63, 3.8) is 0 Å². The van der Waals surface area contributed by atoms with Crippen molar-refractivity contribution in [2.24, 2.45) is 5.92 Å². The van der Waals surface area contributed by atoms with E-state index in [0.717, 1.165) is 18.2 Å². The number of rotatable bonds is 0. The van der Waals surface area contributed by atoms with Crippen molar-refractivity contribution >= 4 is 5.91 Å². The average Bonchev–Trinajstić information content (AvgIpc) is 2.56. The molecule has 14 heavy (non-hydrogen) atoms. The van der Waals surface area contributed by atoms with Gasteiger partial charge in [-0.3, -0.25) is 4.79 Å². The van der Waals surface area contributed by atoms with Gasteiger partial charge >= 0.3 is 0 Å². The highest BCUT2D eigenvalue weighted by atomic mass is 16.2. The minimum Gasteiger partial charge on any atom is -0.355 e. The molecular weight excluding hydrogens is 174 g/mol. The number of carbonyl (C=O) groups excluding carboxylic acids is 1. The van der Waals surface area contributed by atoms with Crippen molar-refractivity contribution in [3.8, 4) is 0 Å². The van der Waals surface area contributed by atoms with Gasteiger partial charge in [-0.15, -0.1) is 0 Å². The van der Waals surface area contributed by atoms with E-state index in [2.05, 4.69) is 12.1 Å². The summed E-state index contributed by atoms with van der Waals surface area (Å²) in [4.78, 5) is 11.7. The first-order valence-electron chi connectivity index (χ1n) is 5.60. The Bertz CT molecular complexity index is 418. The SMILES string of the molecule is [2H]N1C[C@H]2c3ccccc3CC[C@H]2C1=O. The maximum atomic E-state index is 11.7. The van der Waals surface area contributed by atoms with Gasteiger partial charge in [-0.1, -0.05) is 24.3 Å². The van der Waals surface area contributed by atoms with Crippen LogP contribution >= 0.6 is 0 Å². The number of aryl methyl sites for hydroxylation is 1. The average molecular weight is 188 g/mol. The van der Waals surface area contributed by atoms with Gasteiger partial charge in [-0.05, 0) is 24.0 Å². The summed E-state index contributed by atoms with van der Waals surface area (Å²) in [6, 6.07) is 8.33. The van der Waals surface area contributed by atoms with E-state index in [1.54, 1.807) is 0 Å². The van der Waals surface area contributed by atoms with Crippen LogP contribution in [-0.2, 0) is 11.2 Å². The van der Waals surface area contributed by atoms with E-state index in [9.17, 15) is 4.79 Å². The lowest BCUT2D eigenvalue weighted by molar-refractivity contribution is -0.122. The second-order valence-electron chi connectivity index (χ2n) is 4.13. The van der Waals surface area contributed by atoms with E-state index < -0.39 is 0 Å². The fourth-order valence-corrected chi connectivity index (χ4v) is 2.68. The van der Waals surface area contributed by atoms with Gasteiger partial charge in [0, 0.05) is 18.4 Å². The van der Waals surface area contributed by atoms with Gasteiger partial charge in [0.2, 0.25) is 5.91 Å². The quantitative estimate of drug-likeness (QED) is 0.656. The Kier molecular flexibility index (Phi) is 1.43. The zero-order chi connectivity index (χ0) is 10.4. The number of carbonyl (C=O) groups is 1. The smallest absolute Gasteiger partial charge is 0.223 e. The topological polar surface area (TPSA) is 29.1 Å². The molecule has 1 aliphatic carbocycles. The molecule has 0 saturated carbocycles. The van der Waals surface area contributed by atoms with E-state index in [1.807, 2.05) is 12.1 Å². The first-order chi connectivity index (χ1) is 7.27. The van der Waals surface area contributed by atoms with Crippen molar-refractivity contribution in [1.29, 1.82) is 0 Å². The molecule has 1 saturated heterocycles. The Balaban J connectivity index is 2.05. The molecule has 0 spiro atoms. The van der Waals surface area contributed by atoms with Gasteiger partial charge in [0.15, 0.2) is 1.41 Å². The first-order valence-corrected chi connectivity index (χ1v) is 5.15. The fraction of sp³-hybridized carbons (Fsp3) is 0.417. The Labute approximate surface area is 84.8 Å². The standard InChI is InChI=1S/C12H13NO/c14-12-10-6-5-8-3-1-2-4-9(8)11(10)7-13-12/h1-4,10-11H,5-7H2,(H,13,14)/t10-,11+/m1/s1/i/hD. The maximum absolute atomic E-state index is 11.7. The maximum Gasteiger partial charge on any atom is 0.223 e. The van der Waals surface area contributed by atoms with E-state index in [4.69, 9.17) is 1.41 Å². The Morgan fingerprint density at radius 2 is 2.21 bits per heavy atom. The van der Waals surface area contributed by atoms with E-state index in [1.165, 1.54) is 11.1 Å². The van der Waals surface area contributed by atoms with Crippen LogP contribution < -0.4 is 5.31 Å². The number of hydrogen-bond acceptors (Lipinski definition) is 1. The van der Waals surface area contributed by atoms with Crippen molar-refractivity contribution in [3.05, 3.63) is 35.4 Å². The Morgan fingerprint density at radius 3 is 3.14 bits per heavy atom. The summed E-state index contributed by atoms with van der Waals surface area (Å²) >= 11 is 0. The second kappa shape index (κ2) is 2.84. The molecule has 1 aromatic carbocycles. The summed E-state index contributed by atoms with van der Waals surface area (Å²) < 4.78 is 7.56. The molecule has 1 N–H and O–H groups in total. The number of hydrogen-bond donors (Lipinski definition) is 1. The molecule has 2 atom stereocenters. The van der Waals surface area contributed by atoms with Crippen LogP contribution in [-0.4, -0.2) is 12.5 Å². The Morgan fingerprint density at radius 1 is 1.36 bits per heavy atom. The lowest BCUT2D eigenvalue weighted by Gasteiger charge is -2.25. The van der Waals surface area contributed by atoms with Gasteiger partial charge in [0.05, 0.1) is 0 Å². The summed E-state index contributed by atoms with van der Waals surface area (Å²) in [7, 11) is 0. The molecule has 1 heterocycles. The summed E-state index contributed by atoms with van der Waals surface area (Å²) in [5, 5.41) is 1.14. The lowest BCUT2D eigenvalue weighted by Crippen LogP contribution is -2.22. The second-order valence-corrected chi connectivity index (χ2v) is 4.13. The molecule has 2 heteroatoms. The minimum atomic E-state index is 0.00880. The predicted octanol–water partition coefficient (Wildman–Crippen LogP) is 1.46. The zero-order valence-corrected chi connectivity index (χ0v) is 7.94. The van der Waals surface area contributed by atoms with Crippen LogP contribution in [0.15, 0.2) is 24.3 Å². The summed E-state index contributed by atoms with van der Waals surface area (Å²) in [6.45, 7) is 0.570. The number of benzene rings is 1. The molecule has 1 aromatic rings. The van der Waals surface area contributed by atoms with Crippen LogP contribution in [0.1, 0.15) is 23.5 Å². The molecule has 2 aliphatic rings. The van der Waals surface area contributed by atoms with Crippen LogP contribution in [0, 0.1) is 5.92 Å². The fourth-order valence-electron chi connectivity index (χ4n) is 2.68. The molecule has 1 amide bonds. The molecule has 0 unspecified atom stereocenters. The Hall–Kier alpha value is -1.31. The number of amides is 1. The van der Waals surface area contributed by atoms with Crippen molar-refractivity contribution in [2.75, 3.05) is 6.54 Å². The molecule has 1 aliphatic heterocycles. The van der Waals surface area contributed by atoms with Gasteiger partial charge in [0.1, 0.15) is 0 Å². The van der Waals surface area contributed by atoms with Crippen molar-refractivity contribution < 1.29 is 6.21 Å².